The molecule has 1 N–H and O–H groups in total. The maximum Gasteiger partial charge on any atom is 0.321 e. The summed E-state index contributed by atoms with van der Waals surface area (Å²) < 4.78 is 13.3. The highest BCUT2D eigenvalue weighted by Crippen LogP contribution is 2.33. The monoisotopic (exact) mass is 405 g/mol. The van der Waals surface area contributed by atoms with Gasteiger partial charge in [-0.3, -0.25) is 4.98 Å². The molecule has 0 spiro atoms. The van der Waals surface area contributed by atoms with Gasteiger partial charge in [-0.15, -0.1) is 0 Å². The zero-order valence-corrected chi connectivity index (χ0v) is 16.7. The number of rotatable bonds is 4. The van der Waals surface area contributed by atoms with Crippen molar-refractivity contribution in [3.8, 4) is 11.5 Å². The summed E-state index contributed by atoms with van der Waals surface area (Å²) in [6.07, 6.45) is 5.54. The molecule has 2 aliphatic rings. The number of nitrogens with zero attached hydrogens (tertiary/aromatic N) is 4. The molecule has 1 saturated heterocycles. The molecule has 0 bridgehead atoms. The molecule has 4 heterocycles. The number of aromatic nitrogens is 3. The standard InChI is InChI=1S/C22H23N5O3/c1-15-10-24-21(27(15)12-16-3-2-6-23-11-16)17-13-26(14-17)22(28)25-18-4-5-19-20(9-18)30-8-7-29-19/h2-6,9-11,17H,7-8,12-14H2,1H3,(H,25,28). The van der Waals surface area contributed by atoms with E-state index < -0.39 is 0 Å². The molecule has 5 rings (SSSR count). The van der Waals surface area contributed by atoms with E-state index in [-0.39, 0.29) is 11.9 Å². The number of pyridine rings is 1. The molecule has 0 radical (unpaired) electrons. The number of hydrogen-bond donors (Lipinski definition) is 1. The molecular formula is C22H23N5O3. The van der Waals surface area contributed by atoms with Gasteiger partial charge < -0.3 is 24.3 Å². The fraction of sp³-hybridized carbons (Fsp3) is 0.318. The number of fused-ring (bicyclic) bond motifs is 1. The minimum atomic E-state index is -0.120. The van der Waals surface area contributed by atoms with Crippen LogP contribution in [0.4, 0.5) is 10.5 Å². The molecule has 3 aromatic rings. The molecule has 0 atom stereocenters. The van der Waals surface area contributed by atoms with Gasteiger partial charge in [0.15, 0.2) is 11.5 Å². The number of likely N-dealkylation sites (tertiary alicyclic amines) is 1. The Bertz CT molecular complexity index is 1060. The number of carbonyl (C=O) groups excluding carboxylic acids is 1. The molecule has 1 aromatic carbocycles. The van der Waals surface area contributed by atoms with Gasteiger partial charge in [0.05, 0.1) is 12.5 Å². The fourth-order valence-corrected chi connectivity index (χ4v) is 3.82. The van der Waals surface area contributed by atoms with Crippen molar-refractivity contribution >= 4 is 11.7 Å². The van der Waals surface area contributed by atoms with Gasteiger partial charge in [0.1, 0.15) is 19.0 Å². The second kappa shape index (κ2) is 7.70. The topological polar surface area (TPSA) is 81.5 Å². The molecule has 8 nitrogen and oxygen atoms in total. The quantitative estimate of drug-likeness (QED) is 0.722. The Kier molecular flexibility index (Phi) is 4.74. The normalized spacial score (nSPS) is 15.6. The molecule has 0 saturated carbocycles. The molecule has 0 aliphatic carbocycles. The summed E-state index contributed by atoms with van der Waals surface area (Å²) in [5.41, 5.74) is 2.93. The maximum absolute atomic E-state index is 12.6. The van der Waals surface area contributed by atoms with Crippen LogP contribution in [-0.2, 0) is 6.54 Å². The van der Waals surface area contributed by atoms with Gasteiger partial charge in [-0.05, 0) is 30.7 Å². The number of urea groups is 1. The summed E-state index contributed by atoms with van der Waals surface area (Å²) in [7, 11) is 0. The summed E-state index contributed by atoms with van der Waals surface area (Å²) in [5, 5.41) is 2.94. The summed E-state index contributed by atoms with van der Waals surface area (Å²) in [4.78, 5) is 23.2. The first-order valence-corrected chi connectivity index (χ1v) is 10.0. The fourth-order valence-electron chi connectivity index (χ4n) is 3.82. The van der Waals surface area contributed by atoms with Gasteiger partial charge >= 0.3 is 6.03 Å². The van der Waals surface area contributed by atoms with Crippen LogP contribution in [0.15, 0.2) is 48.9 Å². The number of anilines is 1. The van der Waals surface area contributed by atoms with Crippen LogP contribution in [0, 0.1) is 6.92 Å². The van der Waals surface area contributed by atoms with E-state index in [2.05, 4.69) is 32.8 Å². The lowest BCUT2D eigenvalue weighted by molar-refractivity contribution is 0.159. The van der Waals surface area contributed by atoms with E-state index in [1.807, 2.05) is 30.6 Å². The van der Waals surface area contributed by atoms with Crippen LogP contribution in [0.3, 0.4) is 0 Å². The van der Waals surface area contributed by atoms with E-state index in [1.54, 1.807) is 17.2 Å². The third-order valence-corrected chi connectivity index (χ3v) is 5.48. The molecule has 8 heteroatoms. The summed E-state index contributed by atoms with van der Waals surface area (Å²) in [6, 6.07) is 9.32. The Morgan fingerprint density at radius 2 is 2.00 bits per heavy atom. The van der Waals surface area contributed by atoms with Crippen molar-refractivity contribution in [2.75, 3.05) is 31.6 Å². The van der Waals surface area contributed by atoms with Crippen molar-refractivity contribution < 1.29 is 14.3 Å². The summed E-state index contributed by atoms with van der Waals surface area (Å²) >= 11 is 0. The molecule has 2 aliphatic heterocycles. The largest absolute Gasteiger partial charge is 0.486 e. The Morgan fingerprint density at radius 1 is 1.17 bits per heavy atom. The first kappa shape index (κ1) is 18.5. The molecular weight excluding hydrogens is 382 g/mol. The molecule has 2 aromatic heterocycles. The zero-order valence-electron chi connectivity index (χ0n) is 16.7. The van der Waals surface area contributed by atoms with Crippen LogP contribution in [0.1, 0.15) is 23.0 Å². The van der Waals surface area contributed by atoms with Gasteiger partial charge in [0.25, 0.3) is 0 Å². The van der Waals surface area contributed by atoms with Crippen LogP contribution in [-0.4, -0.2) is 51.8 Å². The SMILES string of the molecule is Cc1cnc(C2CN(C(=O)Nc3ccc4c(c3)OCCO4)C2)n1Cc1cccnc1. The first-order chi connectivity index (χ1) is 14.7. The minimum Gasteiger partial charge on any atom is -0.486 e. The van der Waals surface area contributed by atoms with Crippen LogP contribution in [0.5, 0.6) is 11.5 Å². The van der Waals surface area contributed by atoms with Crippen LogP contribution in [0.2, 0.25) is 0 Å². The van der Waals surface area contributed by atoms with Gasteiger partial charge in [0, 0.05) is 49.1 Å². The number of nitrogens with one attached hydrogen (secondary N) is 1. The van der Waals surface area contributed by atoms with Crippen molar-refractivity contribution in [2.24, 2.45) is 0 Å². The van der Waals surface area contributed by atoms with Gasteiger partial charge in [-0.25, -0.2) is 9.78 Å². The smallest absolute Gasteiger partial charge is 0.321 e. The van der Waals surface area contributed by atoms with Gasteiger partial charge in [0.2, 0.25) is 0 Å². The Labute approximate surface area is 174 Å². The van der Waals surface area contributed by atoms with Crippen LogP contribution in [0.25, 0.3) is 0 Å². The number of amides is 2. The van der Waals surface area contributed by atoms with E-state index >= 15 is 0 Å². The highest BCUT2D eigenvalue weighted by Gasteiger charge is 2.35. The Hall–Kier alpha value is -3.55. The predicted molar refractivity (Wildman–Crippen MR) is 111 cm³/mol. The second-order valence-corrected chi connectivity index (χ2v) is 7.60. The average molecular weight is 405 g/mol. The zero-order chi connectivity index (χ0) is 20.5. The average Bonchev–Trinajstić information content (AvgIpc) is 3.08. The van der Waals surface area contributed by atoms with Crippen molar-refractivity contribution in [1.82, 2.24) is 19.4 Å². The van der Waals surface area contributed by atoms with Crippen molar-refractivity contribution in [3.05, 3.63) is 66.0 Å². The number of benzene rings is 1. The van der Waals surface area contributed by atoms with Crippen LogP contribution < -0.4 is 14.8 Å². The lowest BCUT2D eigenvalue weighted by atomic mass is 9.99. The predicted octanol–water partition coefficient (Wildman–Crippen LogP) is 3.04. The van der Waals surface area contributed by atoms with Crippen LogP contribution >= 0.6 is 0 Å². The first-order valence-electron chi connectivity index (χ1n) is 10.0. The highest BCUT2D eigenvalue weighted by atomic mass is 16.6. The number of aryl methyl sites for hydroxylation is 1. The summed E-state index contributed by atoms with van der Waals surface area (Å²) in [6.45, 7) is 5.12. The van der Waals surface area contributed by atoms with E-state index in [4.69, 9.17) is 9.47 Å². The second-order valence-electron chi connectivity index (χ2n) is 7.60. The Balaban J connectivity index is 1.22. The molecule has 154 valence electrons. The summed E-state index contributed by atoms with van der Waals surface area (Å²) in [5.74, 6) is 2.61. The molecule has 1 fully saturated rings. The molecule has 0 unspecified atom stereocenters. The Morgan fingerprint density at radius 3 is 2.80 bits per heavy atom. The lowest BCUT2D eigenvalue weighted by Crippen LogP contribution is -2.51. The maximum atomic E-state index is 12.6. The number of carbonyl (C=O) groups is 1. The minimum absolute atomic E-state index is 0.120. The number of imidazole rings is 1. The molecule has 30 heavy (non-hydrogen) atoms. The van der Waals surface area contributed by atoms with E-state index in [9.17, 15) is 4.79 Å². The van der Waals surface area contributed by atoms with E-state index in [0.717, 1.165) is 23.6 Å². The lowest BCUT2D eigenvalue weighted by Gasteiger charge is -2.39. The third kappa shape index (κ3) is 3.56. The molecule has 2 amide bonds. The third-order valence-electron chi connectivity index (χ3n) is 5.48. The van der Waals surface area contributed by atoms with Crippen molar-refractivity contribution in [3.63, 3.8) is 0 Å². The highest BCUT2D eigenvalue weighted by molar-refractivity contribution is 5.90. The van der Waals surface area contributed by atoms with E-state index in [0.29, 0.717) is 43.5 Å². The number of hydrogen-bond acceptors (Lipinski definition) is 5. The van der Waals surface area contributed by atoms with Crippen molar-refractivity contribution in [2.45, 2.75) is 19.4 Å². The van der Waals surface area contributed by atoms with Crippen molar-refractivity contribution in [1.29, 1.82) is 0 Å². The van der Waals surface area contributed by atoms with Gasteiger partial charge in [-0.1, -0.05) is 6.07 Å². The van der Waals surface area contributed by atoms with E-state index in [1.165, 1.54) is 0 Å². The van der Waals surface area contributed by atoms with Gasteiger partial charge in [-0.2, -0.15) is 0 Å². The number of ether oxygens (including phenoxy) is 2.